The number of rotatable bonds is 4. The molecule has 0 atom stereocenters. The van der Waals surface area contributed by atoms with Crippen LogP contribution in [-0.4, -0.2) is 27.3 Å². The first-order valence-electron chi connectivity index (χ1n) is 5.93. The van der Waals surface area contributed by atoms with Crippen LogP contribution >= 0.6 is 15.9 Å². The lowest BCUT2D eigenvalue weighted by molar-refractivity contribution is -0.385. The van der Waals surface area contributed by atoms with Gasteiger partial charge in [-0.2, -0.15) is 0 Å². The molecule has 0 fully saturated rings. The number of aromatic hydroxyl groups is 1. The van der Waals surface area contributed by atoms with Crippen molar-refractivity contribution in [2.24, 2.45) is 4.99 Å². The normalized spacial score (nSPS) is 10.8. The maximum absolute atomic E-state index is 10.9. The summed E-state index contributed by atoms with van der Waals surface area (Å²) in [7, 11) is 0. The molecular formula is C14H9BrN2O5. The zero-order valence-corrected chi connectivity index (χ0v) is 12.5. The highest BCUT2D eigenvalue weighted by Gasteiger charge is 2.12. The molecule has 2 N–H and O–H groups in total. The van der Waals surface area contributed by atoms with Crippen LogP contribution in [0.5, 0.6) is 5.75 Å². The molecule has 2 aromatic rings. The number of carboxylic acid groups (broad SMARTS) is 1. The Kier molecular flexibility index (Phi) is 4.52. The minimum absolute atomic E-state index is 0.0964. The Hall–Kier alpha value is -2.74. The molecule has 112 valence electrons. The number of nitro groups is 1. The van der Waals surface area contributed by atoms with Gasteiger partial charge in [0.25, 0.3) is 5.69 Å². The van der Waals surface area contributed by atoms with Crippen LogP contribution in [-0.2, 0) is 0 Å². The summed E-state index contributed by atoms with van der Waals surface area (Å²) in [5.41, 5.74) is 0.429. The summed E-state index contributed by atoms with van der Waals surface area (Å²) in [6.07, 6.45) is 1.37. The zero-order valence-electron chi connectivity index (χ0n) is 10.9. The minimum Gasteiger partial charge on any atom is -0.507 e. The second-order valence-corrected chi connectivity index (χ2v) is 5.09. The summed E-state index contributed by atoms with van der Waals surface area (Å²) < 4.78 is 0.354. The maximum atomic E-state index is 10.9. The van der Waals surface area contributed by atoms with E-state index < -0.39 is 10.9 Å². The molecule has 0 spiro atoms. The van der Waals surface area contributed by atoms with Gasteiger partial charge in [0.2, 0.25) is 0 Å². The molecule has 0 amide bonds. The third-order valence-corrected chi connectivity index (χ3v) is 3.41. The quantitative estimate of drug-likeness (QED) is 0.489. The Morgan fingerprint density at radius 3 is 2.64 bits per heavy atom. The lowest BCUT2D eigenvalue weighted by Crippen LogP contribution is -1.96. The summed E-state index contributed by atoms with van der Waals surface area (Å²) in [4.78, 5) is 25.3. The number of carbonyl (C=O) groups is 1. The molecule has 2 aromatic carbocycles. The molecule has 0 bridgehead atoms. The largest absolute Gasteiger partial charge is 0.507 e. The van der Waals surface area contributed by atoms with Crippen molar-refractivity contribution in [2.45, 2.75) is 0 Å². The van der Waals surface area contributed by atoms with E-state index in [2.05, 4.69) is 20.9 Å². The predicted octanol–water partition coefficient (Wildman–Crippen LogP) is 3.51. The number of carboxylic acids is 1. The Morgan fingerprint density at radius 2 is 2.00 bits per heavy atom. The van der Waals surface area contributed by atoms with E-state index in [9.17, 15) is 20.0 Å². The van der Waals surface area contributed by atoms with Gasteiger partial charge in [-0.15, -0.1) is 0 Å². The Balaban J connectivity index is 2.33. The number of halogens is 1. The van der Waals surface area contributed by atoms with Crippen molar-refractivity contribution in [3.05, 3.63) is 62.1 Å². The highest BCUT2D eigenvalue weighted by atomic mass is 79.9. The molecule has 0 saturated carbocycles. The van der Waals surface area contributed by atoms with Crippen molar-refractivity contribution >= 4 is 39.5 Å². The van der Waals surface area contributed by atoms with Gasteiger partial charge < -0.3 is 10.2 Å². The van der Waals surface area contributed by atoms with Crippen LogP contribution in [0.3, 0.4) is 0 Å². The molecule has 0 aliphatic carbocycles. The number of nitro benzene ring substituents is 1. The van der Waals surface area contributed by atoms with E-state index >= 15 is 0 Å². The average Bonchev–Trinajstić information content (AvgIpc) is 2.47. The molecule has 0 unspecified atom stereocenters. The number of nitrogens with zero attached hydrogens (tertiary/aromatic N) is 2. The standard InChI is InChI=1S/C14H9BrN2O5/c15-11-3-1-8(5-12(11)17(21)22)7-16-9-2-4-13(18)10(6-9)14(19)20/h1-7,18H,(H,19,20)/b16-7+. The van der Waals surface area contributed by atoms with Gasteiger partial charge in [0.15, 0.2) is 0 Å². The van der Waals surface area contributed by atoms with Crippen LogP contribution < -0.4 is 0 Å². The van der Waals surface area contributed by atoms with Crippen molar-refractivity contribution in [1.82, 2.24) is 0 Å². The fraction of sp³-hybridized carbons (Fsp3) is 0. The number of hydrogen-bond donors (Lipinski definition) is 2. The van der Waals surface area contributed by atoms with Crippen LogP contribution in [0.25, 0.3) is 0 Å². The van der Waals surface area contributed by atoms with E-state index in [1.54, 1.807) is 6.07 Å². The number of aliphatic imine (C=N–C) groups is 1. The van der Waals surface area contributed by atoms with E-state index in [4.69, 9.17) is 5.11 Å². The van der Waals surface area contributed by atoms with Crippen molar-refractivity contribution in [1.29, 1.82) is 0 Å². The second kappa shape index (κ2) is 6.35. The average molecular weight is 365 g/mol. The van der Waals surface area contributed by atoms with E-state index in [1.165, 1.54) is 36.5 Å². The number of phenols is 1. The highest BCUT2D eigenvalue weighted by molar-refractivity contribution is 9.10. The Labute approximate surface area is 132 Å². The first-order chi connectivity index (χ1) is 10.4. The highest BCUT2D eigenvalue weighted by Crippen LogP contribution is 2.26. The Morgan fingerprint density at radius 1 is 1.27 bits per heavy atom. The van der Waals surface area contributed by atoms with Crippen molar-refractivity contribution in [3.63, 3.8) is 0 Å². The third-order valence-electron chi connectivity index (χ3n) is 2.74. The summed E-state index contributed by atoms with van der Waals surface area (Å²) in [6, 6.07) is 8.36. The van der Waals surface area contributed by atoms with Gasteiger partial charge >= 0.3 is 5.97 Å². The Bertz CT molecular complexity index is 723. The van der Waals surface area contributed by atoms with Crippen LogP contribution in [0.2, 0.25) is 0 Å². The lowest BCUT2D eigenvalue weighted by Gasteiger charge is -2.01. The van der Waals surface area contributed by atoms with Crippen LogP contribution in [0, 0.1) is 10.1 Å². The van der Waals surface area contributed by atoms with E-state index in [0.717, 1.165) is 0 Å². The molecule has 0 heterocycles. The van der Waals surface area contributed by atoms with Crippen LogP contribution in [0.1, 0.15) is 15.9 Å². The first kappa shape index (κ1) is 15.6. The van der Waals surface area contributed by atoms with E-state index in [0.29, 0.717) is 15.7 Å². The second-order valence-electron chi connectivity index (χ2n) is 4.23. The predicted molar refractivity (Wildman–Crippen MR) is 83.1 cm³/mol. The van der Waals surface area contributed by atoms with Gasteiger partial charge in [-0.3, -0.25) is 15.1 Å². The molecule has 0 saturated heterocycles. The topological polar surface area (TPSA) is 113 Å². The molecule has 22 heavy (non-hydrogen) atoms. The lowest BCUT2D eigenvalue weighted by atomic mass is 10.2. The van der Waals surface area contributed by atoms with Crippen molar-refractivity contribution < 1.29 is 19.9 Å². The van der Waals surface area contributed by atoms with Gasteiger partial charge in [0, 0.05) is 12.3 Å². The molecule has 8 heteroatoms. The van der Waals surface area contributed by atoms with Gasteiger partial charge in [0.05, 0.1) is 15.1 Å². The summed E-state index contributed by atoms with van der Waals surface area (Å²) >= 11 is 3.08. The molecule has 0 radical (unpaired) electrons. The fourth-order valence-electron chi connectivity index (χ4n) is 1.67. The molecular weight excluding hydrogens is 356 g/mol. The summed E-state index contributed by atoms with van der Waals surface area (Å²) in [5, 5.41) is 29.2. The van der Waals surface area contributed by atoms with Crippen LogP contribution in [0.15, 0.2) is 45.9 Å². The molecule has 2 rings (SSSR count). The van der Waals surface area contributed by atoms with Gasteiger partial charge in [-0.1, -0.05) is 6.07 Å². The van der Waals surface area contributed by atoms with E-state index in [-0.39, 0.29) is 17.0 Å². The maximum Gasteiger partial charge on any atom is 0.339 e. The van der Waals surface area contributed by atoms with Crippen molar-refractivity contribution in [3.8, 4) is 5.75 Å². The van der Waals surface area contributed by atoms with Crippen molar-refractivity contribution in [2.75, 3.05) is 0 Å². The first-order valence-corrected chi connectivity index (χ1v) is 6.72. The summed E-state index contributed by atoms with van der Waals surface area (Å²) in [5.74, 6) is -1.63. The smallest absolute Gasteiger partial charge is 0.339 e. The molecule has 7 nitrogen and oxygen atoms in total. The van der Waals surface area contributed by atoms with Gasteiger partial charge in [-0.05, 0) is 45.8 Å². The fourth-order valence-corrected chi connectivity index (χ4v) is 2.07. The number of hydrogen-bond acceptors (Lipinski definition) is 5. The zero-order chi connectivity index (χ0) is 16.3. The monoisotopic (exact) mass is 364 g/mol. The molecule has 0 aliphatic rings. The SMILES string of the molecule is O=C(O)c1cc(/N=C/c2ccc(Br)c([N+](=O)[O-])c2)ccc1O. The van der Waals surface area contributed by atoms with Crippen LogP contribution in [0.4, 0.5) is 11.4 Å². The molecule has 0 aliphatic heterocycles. The van der Waals surface area contributed by atoms with E-state index in [1.807, 2.05) is 0 Å². The summed E-state index contributed by atoms with van der Waals surface area (Å²) in [6.45, 7) is 0. The molecule has 0 aromatic heterocycles. The van der Waals surface area contributed by atoms with Gasteiger partial charge in [-0.25, -0.2) is 4.79 Å². The third kappa shape index (κ3) is 3.47. The number of aromatic carboxylic acids is 1. The minimum atomic E-state index is -1.27. The number of benzene rings is 2. The van der Waals surface area contributed by atoms with Gasteiger partial charge in [0.1, 0.15) is 11.3 Å².